The van der Waals surface area contributed by atoms with Crippen LogP contribution in [-0.4, -0.2) is 23.0 Å². The number of amides is 1. The molecule has 0 aliphatic rings. The molecule has 6 heteroatoms. The molecule has 1 amide bonds. The maximum Gasteiger partial charge on any atom is 0.397 e. The van der Waals surface area contributed by atoms with Crippen LogP contribution in [0.1, 0.15) is 51.3 Å². The van der Waals surface area contributed by atoms with Crippen molar-refractivity contribution >= 4 is 34.0 Å². The molecule has 0 atom stereocenters. The second-order valence-corrected chi connectivity index (χ2v) is 9.54. The Morgan fingerprint density at radius 1 is 1.00 bits per heavy atom. The zero-order chi connectivity index (χ0) is 25.2. The van der Waals surface area contributed by atoms with Gasteiger partial charge in [-0.25, -0.2) is 4.79 Å². The highest BCUT2D eigenvalue weighted by molar-refractivity contribution is 6.37. The van der Waals surface area contributed by atoms with Gasteiger partial charge in [0.2, 0.25) is 0 Å². The van der Waals surface area contributed by atoms with Crippen LogP contribution in [0.4, 0.5) is 5.69 Å². The van der Waals surface area contributed by atoms with Crippen LogP contribution in [0.25, 0.3) is 16.5 Å². The molecule has 2 N–H and O–H groups in total. The summed E-state index contributed by atoms with van der Waals surface area (Å²) in [5.41, 5.74) is 5.22. The molecule has 0 unspecified atom stereocenters. The van der Waals surface area contributed by atoms with Gasteiger partial charge in [-0.15, -0.1) is 0 Å². The maximum atomic E-state index is 12.5. The molecule has 1 aromatic heterocycles. The summed E-state index contributed by atoms with van der Waals surface area (Å²) in [6, 6.07) is 9.43. The summed E-state index contributed by atoms with van der Waals surface area (Å²) in [7, 11) is 0. The van der Waals surface area contributed by atoms with Crippen molar-refractivity contribution < 1.29 is 19.1 Å². The topological polar surface area (TPSA) is 80.4 Å². The molecule has 180 valence electrons. The second-order valence-electron chi connectivity index (χ2n) is 9.54. The SMILES string of the molecule is C=C(C)c1c[nH]c2ccc(Oc3c(C)cc(NC(=O)C(=O)OC(C(C)C)C(C)C)cc3C)cc12. The zero-order valence-electron chi connectivity index (χ0n) is 21.0. The highest BCUT2D eigenvalue weighted by Gasteiger charge is 2.26. The number of aromatic nitrogens is 1. The largest absolute Gasteiger partial charge is 0.457 e. The van der Waals surface area contributed by atoms with Crippen molar-refractivity contribution in [3.63, 3.8) is 0 Å². The Bertz CT molecular complexity index is 1210. The van der Waals surface area contributed by atoms with Crippen molar-refractivity contribution in [3.8, 4) is 11.5 Å². The molecule has 1 heterocycles. The lowest BCUT2D eigenvalue weighted by Crippen LogP contribution is -2.34. The molecule has 6 nitrogen and oxygen atoms in total. The van der Waals surface area contributed by atoms with Gasteiger partial charge in [0.15, 0.2) is 0 Å². The molecular formula is C28H34N2O4. The summed E-state index contributed by atoms with van der Waals surface area (Å²) < 4.78 is 11.7. The number of H-pyrrole nitrogens is 1. The number of esters is 1. The fourth-order valence-corrected chi connectivity index (χ4v) is 4.22. The Kier molecular flexibility index (Phi) is 7.50. The van der Waals surface area contributed by atoms with E-state index in [4.69, 9.17) is 9.47 Å². The predicted molar refractivity (Wildman–Crippen MR) is 137 cm³/mol. The van der Waals surface area contributed by atoms with E-state index in [-0.39, 0.29) is 17.9 Å². The number of allylic oxidation sites excluding steroid dienone is 1. The van der Waals surface area contributed by atoms with E-state index < -0.39 is 11.9 Å². The molecule has 0 saturated heterocycles. The minimum absolute atomic E-state index is 0.120. The number of aryl methyl sites for hydroxylation is 2. The van der Waals surface area contributed by atoms with Crippen LogP contribution in [0.3, 0.4) is 0 Å². The van der Waals surface area contributed by atoms with Crippen molar-refractivity contribution in [2.45, 2.75) is 54.6 Å². The lowest BCUT2D eigenvalue weighted by molar-refractivity contribution is -0.160. The number of carbonyl (C=O) groups is 2. The second kappa shape index (κ2) is 10.2. The maximum absolute atomic E-state index is 12.5. The third-order valence-electron chi connectivity index (χ3n) is 5.79. The molecule has 0 aliphatic carbocycles. The van der Waals surface area contributed by atoms with E-state index in [1.807, 2.05) is 72.9 Å². The summed E-state index contributed by atoms with van der Waals surface area (Å²) in [4.78, 5) is 28.0. The van der Waals surface area contributed by atoms with E-state index in [1.54, 1.807) is 12.1 Å². The minimum atomic E-state index is -0.879. The number of nitrogens with one attached hydrogen (secondary N) is 2. The normalized spacial score (nSPS) is 11.4. The summed E-state index contributed by atoms with van der Waals surface area (Å²) >= 11 is 0. The zero-order valence-corrected chi connectivity index (χ0v) is 21.0. The van der Waals surface area contributed by atoms with E-state index in [2.05, 4.69) is 16.9 Å². The van der Waals surface area contributed by atoms with Crippen molar-refractivity contribution in [2.24, 2.45) is 11.8 Å². The molecule has 0 fully saturated rings. The number of carbonyl (C=O) groups excluding carboxylic acids is 2. The smallest absolute Gasteiger partial charge is 0.397 e. The highest BCUT2D eigenvalue weighted by Crippen LogP contribution is 2.34. The van der Waals surface area contributed by atoms with E-state index >= 15 is 0 Å². The van der Waals surface area contributed by atoms with Crippen LogP contribution < -0.4 is 10.1 Å². The number of rotatable bonds is 7. The van der Waals surface area contributed by atoms with Crippen LogP contribution in [0.5, 0.6) is 11.5 Å². The molecule has 3 rings (SSSR count). The first-order valence-electron chi connectivity index (χ1n) is 11.6. The number of hydrogen-bond acceptors (Lipinski definition) is 4. The Morgan fingerprint density at radius 2 is 1.62 bits per heavy atom. The number of ether oxygens (including phenoxy) is 2. The summed E-state index contributed by atoms with van der Waals surface area (Å²) in [6.07, 6.45) is 1.63. The van der Waals surface area contributed by atoms with Crippen molar-refractivity contribution in [3.05, 3.63) is 59.8 Å². The average molecular weight is 463 g/mol. The van der Waals surface area contributed by atoms with Crippen LogP contribution in [-0.2, 0) is 14.3 Å². The van der Waals surface area contributed by atoms with Gasteiger partial charge in [0.25, 0.3) is 0 Å². The van der Waals surface area contributed by atoms with Gasteiger partial charge in [-0.05, 0) is 79.6 Å². The summed E-state index contributed by atoms with van der Waals surface area (Å²) in [5.74, 6) is -0.0222. The third-order valence-corrected chi connectivity index (χ3v) is 5.79. The van der Waals surface area contributed by atoms with Crippen molar-refractivity contribution in [1.82, 2.24) is 4.98 Å². The summed E-state index contributed by atoms with van der Waals surface area (Å²) in [5, 5.41) is 3.70. The van der Waals surface area contributed by atoms with Crippen LogP contribution >= 0.6 is 0 Å². The quantitative estimate of drug-likeness (QED) is 0.300. The summed E-state index contributed by atoms with van der Waals surface area (Å²) in [6.45, 7) is 17.7. The molecule has 3 aromatic rings. The van der Waals surface area contributed by atoms with Gasteiger partial charge in [0, 0.05) is 28.4 Å². The fraction of sp³-hybridized carbons (Fsp3) is 0.357. The number of fused-ring (bicyclic) bond motifs is 1. The fourth-order valence-electron chi connectivity index (χ4n) is 4.22. The standard InChI is InChI=1S/C28H34N2O4/c1-15(2)23-14-29-24-10-9-21(13-22(23)24)33-26-18(7)11-20(12-19(26)8)30-27(31)28(32)34-25(16(3)4)17(5)6/h9-14,16-17,25,29H,1H2,2-8H3,(H,30,31). The molecule has 34 heavy (non-hydrogen) atoms. The van der Waals surface area contributed by atoms with E-state index in [0.717, 1.165) is 33.2 Å². The van der Waals surface area contributed by atoms with Crippen molar-refractivity contribution in [2.75, 3.05) is 5.32 Å². The van der Waals surface area contributed by atoms with Gasteiger partial charge in [0.05, 0.1) is 0 Å². The number of benzene rings is 2. The Hall–Kier alpha value is -3.54. The van der Waals surface area contributed by atoms with Gasteiger partial charge >= 0.3 is 11.9 Å². The molecule has 2 aromatic carbocycles. The number of anilines is 1. The molecule has 0 spiro atoms. The number of aromatic amines is 1. The van der Waals surface area contributed by atoms with Gasteiger partial charge in [0.1, 0.15) is 17.6 Å². The first-order valence-corrected chi connectivity index (χ1v) is 11.6. The van der Waals surface area contributed by atoms with E-state index in [0.29, 0.717) is 17.2 Å². The van der Waals surface area contributed by atoms with Crippen LogP contribution in [0.15, 0.2) is 43.1 Å². The Labute approximate surface area is 201 Å². The average Bonchev–Trinajstić information content (AvgIpc) is 3.17. The van der Waals surface area contributed by atoms with Gasteiger partial charge in [-0.3, -0.25) is 4.79 Å². The lowest BCUT2D eigenvalue weighted by Gasteiger charge is -2.24. The molecule has 0 aliphatic heterocycles. The Balaban J connectivity index is 1.77. The minimum Gasteiger partial charge on any atom is -0.457 e. The number of hydrogen-bond donors (Lipinski definition) is 2. The predicted octanol–water partition coefficient (Wildman–Crippen LogP) is 6.77. The first kappa shape index (κ1) is 25.1. The highest BCUT2D eigenvalue weighted by atomic mass is 16.6. The molecule has 0 saturated carbocycles. The molecule has 0 radical (unpaired) electrons. The monoisotopic (exact) mass is 462 g/mol. The van der Waals surface area contributed by atoms with Crippen LogP contribution in [0, 0.1) is 25.7 Å². The van der Waals surface area contributed by atoms with Gasteiger partial charge in [-0.1, -0.05) is 34.3 Å². The van der Waals surface area contributed by atoms with Gasteiger partial charge in [-0.2, -0.15) is 0 Å². The molecular weight excluding hydrogens is 428 g/mol. The van der Waals surface area contributed by atoms with Crippen LogP contribution in [0.2, 0.25) is 0 Å². The van der Waals surface area contributed by atoms with E-state index in [9.17, 15) is 9.59 Å². The third kappa shape index (κ3) is 5.50. The Morgan fingerprint density at radius 3 is 2.18 bits per heavy atom. The molecule has 0 bridgehead atoms. The van der Waals surface area contributed by atoms with Gasteiger partial charge < -0.3 is 19.8 Å². The van der Waals surface area contributed by atoms with Crippen molar-refractivity contribution in [1.29, 1.82) is 0 Å². The first-order chi connectivity index (χ1) is 16.0. The van der Waals surface area contributed by atoms with E-state index in [1.165, 1.54) is 0 Å². The lowest BCUT2D eigenvalue weighted by atomic mass is 9.96.